The molecule has 0 atom stereocenters. The van der Waals surface area contributed by atoms with Crippen LogP contribution in [0, 0.1) is 51.4 Å². The molecule has 0 spiro atoms. The number of nitriles is 3. The minimum Gasteiger partial charge on any atom is -0.496 e. The van der Waals surface area contributed by atoms with Gasteiger partial charge in [0, 0.05) is 66.6 Å². The molecule has 0 radical (unpaired) electrons. The van der Waals surface area contributed by atoms with Gasteiger partial charge in [0.05, 0.1) is 142 Å². The number of pyridine rings is 3. The Labute approximate surface area is 575 Å². The highest BCUT2D eigenvalue weighted by molar-refractivity contribution is 7.08. The molecule has 0 amide bonds. The Morgan fingerprint density at radius 1 is 0.450 bits per heavy atom. The number of benzene rings is 7. The number of hydrogen-bond donors (Lipinski definition) is 0. The van der Waals surface area contributed by atoms with E-state index < -0.39 is 34.5 Å². The van der Waals surface area contributed by atoms with Crippen molar-refractivity contribution in [2.75, 3.05) is 21.3 Å². The van der Waals surface area contributed by atoms with Crippen molar-refractivity contribution >= 4 is 113 Å². The summed E-state index contributed by atoms with van der Waals surface area (Å²) >= 11 is 3.27. The molecule has 0 fully saturated rings. The maximum Gasteiger partial charge on any atom is 0.333 e. The van der Waals surface area contributed by atoms with Gasteiger partial charge in [-0.3, -0.25) is 42.4 Å². The minimum absolute atomic E-state index is 0.0688. The van der Waals surface area contributed by atoms with Crippen LogP contribution in [0.15, 0.2) is 188 Å². The second-order valence-corrected chi connectivity index (χ2v) is 24.6. The van der Waals surface area contributed by atoms with E-state index in [9.17, 15) is 27.6 Å². The first-order chi connectivity index (χ1) is 48.5. The highest BCUT2D eigenvalue weighted by Gasteiger charge is 2.24. The van der Waals surface area contributed by atoms with E-state index in [1.165, 1.54) is 69.4 Å². The summed E-state index contributed by atoms with van der Waals surface area (Å²) in [6.07, 6.45) is 14.2. The predicted molar refractivity (Wildman–Crippen MR) is 385 cm³/mol. The number of hydrogen-bond acceptors (Lipinski definition) is 14. The number of methoxy groups -OCH3 is 3. The second-order valence-electron chi connectivity index (χ2n) is 23.0. The SMILES string of the molecule is COc1cc2ncc3c(c2cc1/C=C/c1ccccc1)n(-c1ccc(C#N)cc1F)c(=O)n3C.COc1cc2ncc3c(c2cc1/C=C/c1ccsc1)n(-c1ccc(C#N)cc1F)c(=O)n3C.COc1cc2ncc3c(c2cc1CCc1ccsc1)n(-c1ccc(C#N)cc1F)c(=O)n3C. The van der Waals surface area contributed by atoms with Gasteiger partial charge >= 0.3 is 17.1 Å². The van der Waals surface area contributed by atoms with Crippen molar-refractivity contribution in [3.05, 3.63) is 273 Å². The molecule has 0 aliphatic carbocycles. The maximum atomic E-state index is 15.0. The zero-order chi connectivity index (χ0) is 70.0. The van der Waals surface area contributed by atoms with E-state index in [0.29, 0.717) is 71.9 Å². The van der Waals surface area contributed by atoms with Gasteiger partial charge in [0.15, 0.2) is 0 Å². The third kappa shape index (κ3) is 12.2. The lowest BCUT2D eigenvalue weighted by Crippen LogP contribution is -2.21. The van der Waals surface area contributed by atoms with Gasteiger partial charge in [0.25, 0.3) is 0 Å². The molecule has 23 heteroatoms. The Morgan fingerprint density at radius 3 is 1.23 bits per heavy atom. The van der Waals surface area contributed by atoms with Crippen molar-refractivity contribution in [3.8, 4) is 52.5 Å². The Bertz CT molecular complexity index is 6150. The van der Waals surface area contributed by atoms with Gasteiger partial charge in [-0.1, -0.05) is 54.6 Å². The van der Waals surface area contributed by atoms with E-state index in [-0.39, 0.29) is 33.8 Å². The van der Waals surface area contributed by atoms with Gasteiger partial charge in [-0.15, -0.1) is 0 Å². The smallest absolute Gasteiger partial charge is 0.333 e. The number of ether oxygens (including phenoxy) is 3. The highest BCUT2D eigenvalue weighted by Crippen LogP contribution is 2.37. The van der Waals surface area contributed by atoms with E-state index >= 15 is 0 Å². The molecule has 8 heterocycles. The number of nitrogens with zero attached hydrogens (tertiary/aromatic N) is 12. The van der Waals surface area contributed by atoms with E-state index in [0.717, 1.165) is 70.0 Å². The maximum absolute atomic E-state index is 15.0. The number of aromatic nitrogens is 9. The average molecular weight is 1370 g/mol. The van der Waals surface area contributed by atoms with Crippen molar-refractivity contribution in [1.82, 2.24) is 42.4 Å². The van der Waals surface area contributed by atoms with Crippen molar-refractivity contribution < 1.29 is 27.4 Å². The Balaban J connectivity index is 0.000000134. The lowest BCUT2D eigenvalue weighted by Gasteiger charge is -2.12. The van der Waals surface area contributed by atoms with Gasteiger partial charge in [-0.2, -0.15) is 38.5 Å². The molecule has 492 valence electrons. The van der Waals surface area contributed by atoms with E-state index in [1.54, 1.807) is 95.9 Å². The van der Waals surface area contributed by atoms with Crippen molar-refractivity contribution in [2.45, 2.75) is 12.8 Å². The van der Waals surface area contributed by atoms with Gasteiger partial charge in [-0.05, 0) is 142 Å². The van der Waals surface area contributed by atoms with Gasteiger partial charge < -0.3 is 14.2 Å². The molecular weight excluding hydrogens is 1310 g/mol. The van der Waals surface area contributed by atoms with Crippen LogP contribution in [0.2, 0.25) is 0 Å². The average Bonchev–Trinajstić information content (AvgIpc) is 1.57. The summed E-state index contributed by atoms with van der Waals surface area (Å²) in [5.74, 6) is 0.0333. The molecule has 0 saturated carbocycles. The van der Waals surface area contributed by atoms with Crippen LogP contribution in [0.4, 0.5) is 13.2 Å². The van der Waals surface area contributed by atoms with Crippen molar-refractivity contribution in [1.29, 1.82) is 15.8 Å². The van der Waals surface area contributed by atoms with Gasteiger partial charge in [0.1, 0.15) is 34.7 Å². The third-order valence-corrected chi connectivity index (χ3v) is 18.7. The molecule has 100 heavy (non-hydrogen) atoms. The van der Waals surface area contributed by atoms with Crippen LogP contribution in [0.25, 0.3) is 107 Å². The highest BCUT2D eigenvalue weighted by atomic mass is 32.1. The largest absolute Gasteiger partial charge is 0.496 e. The van der Waals surface area contributed by atoms with Crippen LogP contribution in [0.1, 0.15) is 50.1 Å². The van der Waals surface area contributed by atoms with Crippen LogP contribution in [0.5, 0.6) is 17.2 Å². The lowest BCUT2D eigenvalue weighted by atomic mass is 10.0. The summed E-state index contributed by atoms with van der Waals surface area (Å²) in [7, 11) is 9.68. The molecule has 0 N–H and O–H groups in total. The zero-order valence-corrected chi connectivity index (χ0v) is 55.9. The first-order valence-electron chi connectivity index (χ1n) is 30.8. The van der Waals surface area contributed by atoms with E-state index in [1.807, 2.05) is 114 Å². The van der Waals surface area contributed by atoms with E-state index in [2.05, 4.69) is 31.8 Å². The number of aryl methyl sites for hydroxylation is 5. The molecule has 0 saturated heterocycles. The summed E-state index contributed by atoms with van der Waals surface area (Å²) in [5.41, 5.74) is 10.7. The van der Waals surface area contributed by atoms with Crippen molar-refractivity contribution in [2.24, 2.45) is 21.1 Å². The molecule has 15 rings (SSSR count). The van der Waals surface area contributed by atoms with Gasteiger partial charge in [-0.25, -0.2) is 27.6 Å². The molecule has 15 aromatic rings. The Hall–Kier alpha value is -12.9. The monoisotopic (exact) mass is 1360 g/mol. The Morgan fingerprint density at radius 2 is 0.850 bits per heavy atom. The second kappa shape index (κ2) is 27.7. The summed E-state index contributed by atoms with van der Waals surface area (Å²) in [6, 6.07) is 43.2. The topological polar surface area (TPSA) is 219 Å². The number of thiophene rings is 2. The minimum atomic E-state index is -0.656. The van der Waals surface area contributed by atoms with Gasteiger partial charge in [0.2, 0.25) is 0 Å². The van der Waals surface area contributed by atoms with Crippen LogP contribution in [-0.4, -0.2) is 63.7 Å². The summed E-state index contributed by atoms with van der Waals surface area (Å²) in [4.78, 5) is 53.1. The lowest BCUT2D eigenvalue weighted by molar-refractivity contribution is 0.410. The van der Waals surface area contributed by atoms with Crippen LogP contribution >= 0.6 is 22.7 Å². The molecule has 0 aliphatic heterocycles. The molecule has 7 aromatic carbocycles. The third-order valence-electron chi connectivity index (χ3n) is 17.2. The fraction of sp³-hybridized carbons (Fsp3) is 0.104. The number of rotatable bonds is 13. The quantitative estimate of drug-likeness (QED) is 0.0985. The predicted octanol–water partition coefficient (Wildman–Crippen LogP) is 14.9. The standard InChI is InChI=1S/C27H19FN4O2.C25H19FN4O2S.C25H17FN4O2S/c1-31-24-16-30-22-14-25(34-2)19(10-8-17-6-4-3-5-7-17)13-20(22)26(24)32(27(31)33)23-11-9-18(15-29)12-21(23)28;2*1-29-22-13-28-20-11-23(32-2)17(5-3-15-7-8-33-14-15)10-18(20)24(22)30(25(29)31)21-6-4-16(12-27)9-19(21)26/h3-14,16H,1-2H3;4,6-11,13-14H,3,5H2,1-2H3;3-11,13-14H,1-2H3/b10-8+;;5-3+. The number of imidazole rings is 3. The molecule has 0 aliphatic rings. The molecule has 8 aromatic heterocycles. The normalized spacial score (nSPS) is 11.3. The summed E-state index contributed by atoms with van der Waals surface area (Å²) in [5, 5.41) is 37.5. The molecule has 18 nitrogen and oxygen atoms in total. The molecule has 0 bridgehead atoms. The molecule has 0 unspecified atom stereocenters. The zero-order valence-electron chi connectivity index (χ0n) is 54.2. The van der Waals surface area contributed by atoms with Crippen LogP contribution < -0.4 is 31.3 Å². The Kier molecular flexibility index (Phi) is 18.2. The fourth-order valence-corrected chi connectivity index (χ4v) is 13.4. The van der Waals surface area contributed by atoms with E-state index in [4.69, 9.17) is 30.0 Å². The summed E-state index contributed by atoms with van der Waals surface area (Å²) in [6.45, 7) is 0. The number of fused-ring (bicyclic) bond motifs is 9. The first-order valence-corrected chi connectivity index (χ1v) is 32.7. The van der Waals surface area contributed by atoms with Crippen LogP contribution in [-0.2, 0) is 34.0 Å². The fourth-order valence-electron chi connectivity index (χ4n) is 12.1. The first kappa shape index (κ1) is 65.8. The number of halogens is 3. The van der Waals surface area contributed by atoms with Crippen molar-refractivity contribution in [3.63, 3.8) is 0 Å². The summed E-state index contributed by atoms with van der Waals surface area (Å²) < 4.78 is 70.0. The molecular formula is C77H55F3N12O6S2. The van der Waals surface area contributed by atoms with Crippen LogP contribution in [0.3, 0.4) is 0 Å².